The fourth-order valence-corrected chi connectivity index (χ4v) is 7.87. The molecule has 54 heavy (non-hydrogen) atoms. The van der Waals surface area contributed by atoms with Crippen molar-refractivity contribution in [1.82, 2.24) is 10.2 Å². The van der Waals surface area contributed by atoms with Gasteiger partial charge in [-0.2, -0.15) is 0 Å². The molecule has 310 valence electrons. The summed E-state index contributed by atoms with van der Waals surface area (Å²) in [4.78, 5) is 39.9. The zero-order chi connectivity index (χ0) is 39.9. The first-order chi connectivity index (χ1) is 25.8. The van der Waals surface area contributed by atoms with Crippen LogP contribution in [0, 0.1) is 29.1 Å². The zero-order valence-corrected chi connectivity index (χ0v) is 35.5. The Morgan fingerprint density at radius 3 is 2.22 bits per heavy atom. The van der Waals surface area contributed by atoms with Crippen LogP contribution in [-0.4, -0.2) is 71.3 Å². The molecule has 0 aromatic heterocycles. The molecule has 0 aromatic carbocycles. The van der Waals surface area contributed by atoms with E-state index in [0.717, 1.165) is 38.5 Å². The Balaban J connectivity index is 1.61. The van der Waals surface area contributed by atoms with E-state index in [-0.39, 0.29) is 54.5 Å². The van der Waals surface area contributed by atoms with Crippen molar-refractivity contribution >= 4 is 17.8 Å². The Morgan fingerprint density at radius 1 is 0.944 bits per heavy atom. The summed E-state index contributed by atoms with van der Waals surface area (Å²) in [6, 6.07) is 0. The number of hydrogen-bond donors (Lipinski definition) is 3. The lowest BCUT2D eigenvalue weighted by Crippen LogP contribution is -2.43. The van der Waals surface area contributed by atoms with Crippen molar-refractivity contribution < 1.29 is 29.3 Å². The Hall–Kier alpha value is -2.45. The summed E-state index contributed by atoms with van der Waals surface area (Å²) in [5.74, 6) is 0.494. The third kappa shape index (κ3) is 18.5. The number of nitrogens with zero attached hydrogens (tertiary/aromatic N) is 1. The van der Waals surface area contributed by atoms with E-state index in [0.29, 0.717) is 38.3 Å². The lowest BCUT2D eigenvalue weighted by molar-refractivity contribution is -0.164. The van der Waals surface area contributed by atoms with Crippen LogP contribution in [0.5, 0.6) is 0 Å². The minimum absolute atomic E-state index is 0.0765. The van der Waals surface area contributed by atoms with Crippen molar-refractivity contribution in [2.75, 3.05) is 20.1 Å². The average molecular weight is 757 g/mol. The number of carbonyl (C=O) groups excluding carboxylic acids is 3. The molecule has 2 aliphatic carbocycles. The molecule has 2 rings (SSSR count). The monoisotopic (exact) mass is 757 g/mol. The number of aliphatic hydroxyl groups is 2. The normalized spacial score (nSPS) is 22.4. The third-order valence-corrected chi connectivity index (χ3v) is 11.9. The van der Waals surface area contributed by atoms with Gasteiger partial charge < -0.3 is 25.2 Å². The summed E-state index contributed by atoms with van der Waals surface area (Å²) in [5.41, 5.74) is 0.678. The number of allylic oxidation sites excluding steroid dienone is 5. The molecule has 0 bridgehead atoms. The predicted molar refractivity (Wildman–Crippen MR) is 222 cm³/mol. The van der Waals surface area contributed by atoms with Gasteiger partial charge in [0.05, 0.1) is 24.0 Å². The fraction of sp³-hybridized carbons (Fsp3) is 0.804. The molecule has 0 heterocycles. The number of carbonyl (C=O) groups is 3. The molecule has 8 nitrogen and oxygen atoms in total. The smallest absolute Gasteiger partial charge is 0.311 e. The van der Waals surface area contributed by atoms with Gasteiger partial charge in [0.15, 0.2) is 0 Å². The first kappa shape index (κ1) is 47.7. The Kier molecular flexibility index (Phi) is 23.3. The van der Waals surface area contributed by atoms with Crippen LogP contribution in [0.25, 0.3) is 0 Å². The second-order valence-electron chi connectivity index (χ2n) is 17.3. The van der Waals surface area contributed by atoms with Crippen LogP contribution >= 0.6 is 0 Å². The van der Waals surface area contributed by atoms with Gasteiger partial charge in [0, 0.05) is 32.5 Å². The van der Waals surface area contributed by atoms with E-state index >= 15 is 0 Å². The molecule has 8 heteroatoms. The van der Waals surface area contributed by atoms with Gasteiger partial charge in [-0.1, -0.05) is 109 Å². The largest absolute Gasteiger partial charge is 0.461 e. The van der Waals surface area contributed by atoms with Crippen LogP contribution in [0.15, 0.2) is 36.0 Å². The molecule has 7 atom stereocenters. The van der Waals surface area contributed by atoms with Crippen molar-refractivity contribution in [3.63, 3.8) is 0 Å². The van der Waals surface area contributed by atoms with E-state index in [1.54, 1.807) is 11.9 Å². The van der Waals surface area contributed by atoms with Crippen LogP contribution in [0.2, 0.25) is 0 Å². The van der Waals surface area contributed by atoms with Crippen LogP contribution in [0.3, 0.4) is 0 Å². The van der Waals surface area contributed by atoms with Gasteiger partial charge in [0.1, 0.15) is 6.10 Å². The van der Waals surface area contributed by atoms with Crippen molar-refractivity contribution in [2.45, 2.75) is 188 Å². The molecule has 0 spiro atoms. The third-order valence-electron chi connectivity index (χ3n) is 11.9. The molecular formula is C46H80N2O6. The minimum atomic E-state index is -0.958. The van der Waals surface area contributed by atoms with E-state index in [1.165, 1.54) is 63.4 Å². The topological polar surface area (TPSA) is 116 Å². The van der Waals surface area contributed by atoms with Crippen LogP contribution in [0.1, 0.15) is 170 Å². The second-order valence-corrected chi connectivity index (χ2v) is 17.3. The summed E-state index contributed by atoms with van der Waals surface area (Å²) >= 11 is 0. The summed E-state index contributed by atoms with van der Waals surface area (Å²) in [5, 5.41) is 24.3. The van der Waals surface area contributed by atoms with Crippen LogP contribution < -0.4 is 5.32 Å². The maximum absolute atomic E-state index is 13.1. The number of aliphatic hydroxyl groups excluding tert-OH is 2. The molecule has 0 saturated heterocycles. The second kappa shape index (κ2) is 26.4. The van der Waals surface area contributed by atoms with Gasteiger partial charge >= 0.3 is 5.97 Å². The number of fused-ring (bicyclic) bond motifs is 1. The Labute approximate surface area is 330 Å². The highest BCUT2D eigenvalue weighted by atomic mass is 16.5. The lowest BCUT2D eigenvalue weighted by atomic mass is 9.65. The summed E-state index contributed by atoms with van der Waals surface area (Å²) in [7, 11) is 1.77. The van der Waals surface area contributed by atoms with Crippen molar-refractivity contribution in [3.8, 4) is 0 Å². The maximum atomic E-state index is 13.1. The molecule has 7 unspecified atom stereocenters. The number of rotatable bonds is 28. The molecule has 0 fully saturated rings. The highest BCUT2D eigenvalue weighted by Crippen LogP contribution is 2.45. The van der Waals surface area contributed by atoms with Gasteiger partial charge in [-0.3, -0.25) is 14.4 Å². The van der Waals surface area contributed by atoms with Crippen molar-refractivity contribution in [2.24, 2.45) is 29.1 Å². The Morgan fingerprint density at radius 2 is 1.57 bits per heavy atom. The molecule has 0 aromatic rings. The van der Waals surface area contributed by atoms with Gasteiger partial charge in [0.2, 0.25) is 11.8 Å². The van der Waals surface area contributed by atoms with Gasteiger partial charge in [-0.15, -0.1) is 0 Å². The van der Waals surface area contributed by atoms with E-state index in [2.05, 4.69) is 56.5 Å². The molecule has 2 amide bonds. The number of ether oxygens (including phenoxy) is 1. The SMILES string of the molecule is CCCCCCCCC=CCCCCCCCC(=O)N(C)CCNC(=O)CC(O)CC(O)CCC1C(C)C=CC2=CC(C)CC(OC(=O)C(C)(C)CC)C21. The van der Waals surface area contributed by atoms with E-state index in [4.69, 9.17) is 4.74 Å². The van der Waals surface area contributed by atoms with Gasteiger partial charge in [-0.25, -0.2) is 0 Å². The van der Waals surface area contributed by atoms with E-state index in [9.17, 15) is 24.6 Å². The molecule has 3 N–H and O–H groups in total. The van der Waals surface area contributed by atoms with E-state index in [1.807, 2.05) is 20.8 Å². The zero-order valence-electron chi connectivity index (χ0n) is 35.5. The minimum Gasteiger partial charge on any atom is -0.461 e. The number of nitrogens with one attached hydrogen (secondary N) is 1. The number of unbranched alkanes of at least 4 members (excludes halogenated alkanes) is 11. The van der Waals surface area contributed by atoms with Crippen molar-refractivity contribution in [3.05, 3.63) is 36.0 Å². The molecule has 0 aliphatic heterocycles. The first-order valence-corrected chi connectivity index (χ1v) is 21.9. The Bertz CT molecular complexity index is 1180. The summed E-state index contributed by atoms with van der Waals surface area (Å²) < 4.78 is 6.21. The van der Waals surface area contributed by atoms with E-state index < -0.39 is 17.6 Å². The number of hydrogen-bond acceptors (Lipinski definition) is 6. The molecule has 0 saturated carbocycles. The number of likely N-dealkylation sites (N-methyl/N-ethyl adjacent to an activating group) is 1. The highest BCUT2D eigenvalue weighted by molar-refractivity contribution is 5.77. The summed E-state index contributed by atoms with van der Waals surface area (Å²) in [6.07, 6.45) is 28.7. The number of esters is 1. The molecule has 2 aliphatic rings. The van der Waals surface area contributed by atoms with Gasteiger partial charge in [-0.05, 0) is 101 Å². The van der Waals surface area contributed by atoms with Crippen LogP contribution in [0.4, 0.5) is 0 Å². The standard InChI is InChI=1S/C46H80N2O6/c1-8-10-11-12-13-14-15-16-17-18-19-20-21-22-23-24-43(52)48(7)30-29-47-42(51)34-39(50)33-38(49)27-28-40-36(4)25-26-37-31-35(3)32-41(44(37)40)54-45(53)46(5,6)9-2/h16-17,25-26,31,35-36,38-41,44,49-50H,8-15,18-24,27-30,32-34H2,1-7H3,(H,47,51). The fourth-order valence-electron chi connectivity index (χ4n) is 7.87. The van der Waals surface area contributed by atoms with Gasteiger partial charge in [0.25, 0.3) is 0 Å². The van der Waals surface area contributed by atoms with Crippen LogP contribution in [-0.2, 0) is 19.1 Å². The average Bonchev–Trinajstić information content (AvgIpc) is 3.12. The maximum Gasteiger partial charge on any atom is 0.311 e. The number of amides is 2. The lowest BCUT2D eigenvalue weighted by Gasteiger charge is -2.44. The highest BCUT2D eigenvalue weighted by Gasteiger charge is 2.43. The molecular weight excluding hydrogens is 677 g/mol. The quantitative estimate of drug-likeness (QED) is 0.0416. The predicted octanol–water partition coefficient (Wildman–Crippen LogP) is 9.63. The molecule has 0 radical (unpaired) electrons. The van der Waals surface area contributed by atoms with Crippen molar-refractivity contribution in [1.29, 1.82) is 0 Å². The first-order valence-electron chi connectivity index (χ1n) is 21.9. The summed E-state index contributed by atoms with van der Waals surface area (Å²) in [6.45, 7) is 13.2.